The molecule has 12 heavy (non-hydrogen) atoms. The summed E-state index contributed by atoms with van der Waals surface area (Å²) >= 11 is 0. The van der Waals surface area contributed by atoms with Crippen molar-refractivity contribution >= 4 is 5.94 Å². The smallest absolute Gasteiger partial charge is 0.128 e. The molecule has 0 bridgehead atoms. The second kappa shape index (κ2) is 4.60. The molecule has 1 aliphatic rings. The molecule has 1 rings (SSSR count). The minimum absolute atomic E-state index is 0. The van der Waals surface area contributed by atoms with Crippen LogP contribution < -0.4 is 0 Å². The molecule has 0 spiro atoms. The first-order valence-electron chi connectivity index (χ1n) is 3.77. The van der Waals surface area contributed by atoms with E-state index in [0.717, 1.165) is 5.57 Å². The quantitative estimate of drug-likeness (QED) is 0.622. The van der Waals surface area contributed by atoms with Gasteiger partial charge in [0.05, 0.1) is 0 Å². The van der Waals surface area contributed by atoms with Crippen molar-refractivity contribution in [3.63, 3.8) is 0 Å². The molecule has 0 N–H and O–H groups in total. The van der Waals surface area contributed by atoms with Gasteiger partial charge in [-0.25, -0.2) is 4.79 Å². The molecule has 0 amide bonds. The first kappa shape index (κ1) is 11.6. The summed E-state index contributed by atoms with van der Waals surface area (Å²) in [4.78, 5) is 10.4. The Kier molecular flexibility index (Phi) is 4.45. The van der Waals surface area contributed by atoms with E-state index in [1.54, 1.807) is 0 Å². The van der Waals surface area contributed by atoms with Crippen LogP contribution in [0.5, 0.6) is 0 Å². The fraction of sp³-hybridized carbons (Fsp3) is 0.400. The molecular formula is C10H12OW. The monoisotopic (exact) mass is 332 g/mol. The average Bonchev–Trinajstić information content (AvgIpc) is 2.01. The predicted molar refractivity (Wildman–Crippen MR) is 45.9 cm³/mol. The van der Waals surface area contributed by atoms with Gasteiger partial charge < -0.3 is 0 Å². The third-order valence-electron chi connectivity index (χ3n) is 2.37. The number of hydrogen-bond acceptors (Lipinski definition) is 1. The zero-order valence-electron chi connectivity index (χ0n) is 7.55. The van der Waals surface area contributed by atoms with Crippen LogP contribution >= 0.6 is 0 Å². The number of rotatable bonds is 0. The summed E-state index contributed by atoms with van der Waals surface area (Å²) in [5.41, 5.74) is 3.29. The van der Waals surface area contributed by atoms with Gasteiger partial charge in [-0.2, -0.15) is 0 Å². The minimum Gasteiger partial charge on any atom is -0.233 e. The Bertz CT molecular complexity index is 280. The maximum absolute atomic E-state index is 10.4. The van der Waals surface area contributed by atoms with E-state index in [-0.39, 0.29) is 27.0 Å². The molecule has 0 aromatic heterocycles. The van der Waals surface area contributed by atoms with E-state index < -0.39 is 0 Å². The van der Waals surface area contributed by atoms with Crippen LogP contribution in [0.1, 0.15) is 20.8 Å². The first-order valence-corrected chi connectivity index (χ1v) is 3.77. The Balaban J connectivity index is 0.00000121. The van der Waals surface area contributed by atoms with Crippen LogP contribution in [0.3, 0.4) is 0 Å². The van der Waals surface area contributed by atoms with Crippen LogP contribution in [-0.4, -0.2) is 5.94 Å². The van der Waals surface area contributed by atoms with Gasteiger partial charge in [-0.3, -0.25) is 0 Å². The van der Waals surface area contributed by atoms with Crippen LogP contribution in [0.4, 0.5) is 0 Å². The Morgan fingerprint density at radius 2 is 1.92 bits per heavy atom. The van der Waals surface area contributed by atoms with Gasteiger partial charge in [0.1, 0.15) is 5.94 Å². The standard InChI is InChI=1S/C10H12O.W/c1-7-4-5-10(6-11)9(3)8(7)2;/h4-5,9H,1-3H3;. The molecule has 0 radical (unpaired) electrons. The van der Waals surface area contributed by atoms with Gasteiger partial charge in [-0.1, -0.05) is 24.1 Å². The zero-order valence-corrected chi connectivity index (χ0v) is 10.5. The Morgan fingerprint density at radius 3 is 2.42 bits per heavy atom. The van der Waals surface area contributed by atoms with Crippen molar-refractivity contribution in [2.45, 2.75) is 20.8 Å². The molecule has 1 aliphatic carbocycles. The third-order valence-corrected chi connectivity index (χ3v) is 2.37. The van der Waals surface area contributed by atoms with E-state index in [1.165, 1.54) is 11.1 Å². The molecular weight excluding hydrogens is 320 g/mol. The number of hydrogen-bond donors (Lipinski definition) is 0. The summed E-state index contributed by atoms with van der Waals surface area (Å²) in [5.74, 6) is 2.20. The van der Waals surface area contributed by atoms with Crippen molar-refractivity contribution in [3.05, 3.63) is 28.9 Å². The first-order chi connectivity index (χ1) is 5.16. The Morgan fingerprint density at radius 1 is 1.33 bits per heavy atom. The Hall–Kier alpha value is -0.382. The van der Waals surface area contributed by atoms with E-state index >= 15 is 0 Å². The van der Waals surface area contributed by atoms with Gasteiger partial charge in [0.25, 0.3) is 0 Å². The van der Waals surface area contributed by atoms with E-state index in [1.807, 2.05) is 25.0 Å². The van der Waals surface area contributed by atoms with Gasteiger partial charge in [0.15, 0.2) is 0 Å². The summed E-state index contributed by atoms with van der Waals surface area (Å²) in [6, 6.07) is 0. The molecule has 0 aromatic carbocycles. The van der Waals surface area contributed by atoms with Crippen LogP contribution in [-0.2, 0) is 25.9 Å². The van der Waals surface area contributed by atoms with Gasteiger partial charge in [-0.15, -0.1) is 0 Å². The van der Waals surface area contributed by atoms with Gasteiger partial charge >= 0.3 is 0 Å². The van der Waals surface area contributed by atoms with Crippen LogP contribution in [0.15, 0.2) is 28.9 Å². The Labute approximate surface area is 87.5 Å². The van der Waals surface area contributed by atoms with Crippen molar-refractivity contribution < 1.29 is 25.9 Å². The van der Waals surface area contributed by atoms with Gasteiger partial charge in [0.2, 0.25) is 0 Å². The van der Waals surface area contributed by atoms with Crippen molar-refractivity contribution in [3.8, 4) is 0 Å². The molecule has 0 aliphatic heterocycles. The molecule has 1 atom stereocenters. The molecule has 0 fully saturated rings. The number of allylic oxidation sites excluding steroid dienone is 5. The van der Waals surface area contributed by atoms with Crippen molar-refractivity contribution in [1.29, 1.82) is 0 Å². The zero-order chi connectivity index (χ0) is 8.43. The van der Waals surface area contributed by atoms with Gasteiger partial charge in [-0.05, 0) is 19.9 Å². The third kappa shape index (κ3) is 2.06. The molecule has 0 heterocycles. The molecule has 64 valence electrons. The largest absolute Gasteiger partial charge is 0.233 e. The minimum atomic E-state index is 0. The van der Waals surface area contributed by atoms with Crippen LogP contribution in [0.25, 0.3) is 0 Å². The van der Waals surface area contributed by atoms with E-state index in [9.17, 15) is 4.79 Å². The summed E-state index contributed by atoms with van der Waals surface area (Å²) in [7, 11) is 0. The van der Waals surface area contributed by atoms with Crippen molar-refractivity contribution in [2.24, 2.45) is 5.92 Å². The van der Waals surface area contributed by atoms with E-state index in [2.05, 4.69) is 13.8 Å². The maximum Gasteiger partial charge on any atom is 0.128 e. The summed E-state index contributed by atoms with van der Waals surface area (Å²) in [5, 5.41) is 0. The maximum atomic E-state index is 10.4. The second-order valence-corrected chi connectivity index (χ2v) is 2.98. The second-order valence-electron chi connectivity index (χ2n) is 2.98. The van der Waals surface area contributed by atoms with Crippen LogP contribution in [0, 0.1) is 5.92 Å². The molecule has 0 aromatic rings. The fourth-order valence-electron chi connectivity index (χ4n) is 1.19. The fourth-order valence-corrected chi connectivity index (χ4v) is 1.19. The topological polar surface area (TPSA) is 17.1 Å². The molecule has 1 nitrogen and oxygen atoms in total. The van der Waals surface area contributed by atoms with Crippen molar-refractivity contribution in [1.82, 2.24) is 0 Å². The molecule has 2 heteroatoms. The molecule has 0 saturated carbocycles. The van der Waals surface area contributed by atoms with Gasteiger partial charge in [0, 0.05) is 32.6 Å². The predicted octanol–water partition coefficient (Wildman–Crippen LogP) is 2.28. The molecule has 1 unspecified atom stereocenters. The van der Waals surface area contributed by atoms with Crippen LogP contribution in [0.2, 0.25) is 0 Å². The summed E-state index contributed by atoms with van der Waals surface area (Å²) < 4.78 is 0. The number of carbonyl (C=O) groups excluding carboxylic acids is 1. The molecule has 0 saturated heterocycles. The normalized spacial score (nSPS) is 21.9. The SMILES string of the molecule is CC1=C(C)C(C)C(=C=O)C=C1.[W]. The summed E-state index contributed by atoms with van der Waals surface area (Å²) in [6.07, 6.45) is 3.82. The van der Waals surface area contributed by atoms with E-state index in [0.29, 0.717) is 0 Å². The summed E-state index contributed by atoms with van der Waals surface area (Å²) in [6.45, 7) is 6.15. The van der Waals surface area contributed by atoms with E-state index in [4.69, 9.17) is 0 Å². The van der Waals surface area contributed by atoms with Crippen molar-refractivity contribution in [2.75, 3.05) is 0 Å². The average molecular weight is 332 g/mol.